The molecule has 1 saturated carbocycles. The second kappa shape index (κ2) is 6.89. The predicted molar refractivity (Wildman–Crippen MR) is 80.8 cm³/mol. The summed E-state index contributed by atoms with van der Waals surface area (Å²) in [5, 5.41) is 12.3. The number of carboxylic acids is 1. The van der Waals surface area contributed by atoms with Gasteiger partial charge in [-0.3, -0.25) is 4.79 Å². The van der Waals surface area contributed by atoms with Gasteiger partial charge in [0.05, 0.1) is 0 Å². The highest BCUT2D eigenvalue weighted by atomic mass is 16.4. The molecule has 0 aliphatic heterocycles. The predicted octanol–water partition coefficient (Wildman–Crippen LogP) is 3.54. The monoisotopic (exact) mass is 275 g/mol. The van der Waals surface area contributed by atoms with Crippen LogP contribution in [0, 0.1) is 5.92 Å². The van der Waals surface area contributed by atoms with Gasteiger partial charge in [-0.15, -0.1) is 0 Å². The lowest BCUT2D eigenvalue weighted by atomic mass is 9.80. The molecule has 1 fully saturated rings. The van der Waals surface area contributed by atoms with E-state index in [-0.39, 0.29) is 0 Å². The van der Waals surface area contributed by atoms with Crippen molar-refractivity contribution in [2.24, 2.45) is 5.92 Å². The average molecular weight is 275 g/mol. The number of carbonyl (C=O) groups is 1. The van der Waals surface area contributed by atoms with Crippen LogP contribution >= 0.6 is 0 Å². The zero-order valence-corrected chi connectivity index (χ0v) is 12.4. The second-order valence-corrected chi connectivity index (χ2v) is 6.27. The fourth-order valence-corrected chi connectivity index (χ4v) is 2.63. The van der Waals surface area contributed by atoms with E-state index in [1.165, 1.54) is 24.8 Å². The third-order valence-electron chi connectivity index (χ3n) is 4.11. The van der Waals surface area contributed by atoms with Crippen molar-refractivity contribution in [1.82, 2.24) is 5.32 Å². The van der Waals surface area contributed by atoms with Gasteiger partial charge in [0, 0.05) is 6.54 Å². The van der Waals surface area contributed by atoms with Crippen molar-refractivity contribution in [3.63, 3.8) is 0 Å². The topological polar surface area (TPSA) is 49.3 Å². The highest BCUT2D eigenvalue weighted by Crippen LogP contribution is 2.36. The molecule has 0 unspecified atom stereocenters. The number of rotatable bonds is 7. The maximum Gasteiger partial charge on any atom is 0.320 e. The van der Waals surface area contributed by atoms with Crippen LogP contribution in [0.25, 0.3) is 0 Å². The maximum atomic E-state index is 11.2. The van der Waals surface area contributed by atoms with Crippen LogP contribution < -0.4 is 5.32 Å². The standard InChI is InChI=1S/C17H25NO2/c1-12(2)10-16(17(19)20)18-11-13-6-8-15(9-7-13)14-4-3-5-14/h6-9,12,14,16,18H,3-5,10-11H2,1-2H3,(H,19,20)/t16-/m1/s1. The van der Waals surface area contributed by atoms with E-state index in [2.05, 4.69) is 29.6 Å². The third kappa shape index (κ3) is 4.07. The molecule has 0 heterocycles. The molecule has 20 heavy (non-hydrogen) atoms. The molecule has 3 heteroatoms. The molecule has 0 spiro atoms. The van der Waals surface area contributed by atoms with Crippen LogP contribution in [0.15, 0.2) is 24.3 Å². The minimum Gasteiger partial charge on any atom is -0.480 e. The molecule has 1 aromatic carbocycles. The SMILES string of the molecule is CC(C)C[C@@H](NCc1ccc(C2CCC2)cc1)C(=O)O. The number of nitrogens with one attached hydrogen (secondary N) is 1. The summed E-state index contributed by atoms with van der Waals surface area (Å²) in [6.45, 7) is 4.71. The van der Waals surface area contributed by atoms with Gasteiger partial charge in [-0.1, -0.05) is 44.5 Å². The Morgan fingerprint density at radius 3 is 2.40 bits per heavy atom. The van der Waals surface area contributed by atoms with Crippen molar-refractivity contribution < 1.29 is 9.90 Å². The molecule has 3 nitrogen and oxygen atoms in total. The Balaban J connectivity index is 1.87. The number of aliphatic carboxylic acids is 1. The molecule has 1 aromatic rings. The Kier molecular flexibility index (Phi) is 5.18. The molecule has 1 atom stereocenters. The Morgan fingerprint density at radius 2 is 1.95 bits per heavy atom. The number of hydrogen-bond donors (Lipinski definition) is 2. The summed E-state index contributed by atoms with van der Waals surface area (Å²) in [6.07, 6.45) is 4.64. The van der Waals surface area contributed by atoms with E-state index in [1.807, 2.05) is 13.8 Å². The first-order chi connectivity index (χ1) is 9.56. The van der Waals surface area contributed by atoms with E-state index in [0.717, 1.165) is 11.5 Å². The Morgan fingerprint density at radius 1 is 1.30 bits per heavy atom. The molecule has 0 bridgehead atoms. The summed E-state index contributed by atoms with van der Waals surface area (Å²) in [4.78, 5) is 11.2. The lowest BCUT2D eigenvalue weighted by Crippen LogP contribution is -2.37. The van der Waals surface area contributed by atoms with Crippen LogP contribution in [0.5, 0.6) is 0 Å². The molecular formula is C17H25NO2. The van der Waals surface area contributed by atoms with Crippen molar-refractivity contribution in [2.45, 2.75) is 58.0 Å². The van der Waals surface area contributed by atoms with Crippen molar-refractivity contribution in [2.75, 3.05) is 0 Å². The van der Waals surface area contributed by atoms with E-state index in [4.69, 9.17) is 0 Å². The Bertz CT molecular complexity index is 435. The molecule has 2 N–H and O–H groups in total. The lowest BCUT2D eigenvalue weighted by molar-refractivity contribution is -0.140. The van der Waals surface area contributed by atoms with Crippen LogP contribution in [-0.2, 0) is 11.3 Å². The summed E-state index contributed by atoms with van der Waals surface area (Å²) in [5.41, 5.74) is 2.58. The molecule has 110 valence electrons. The van der Waals surface area contributed by atoms with Gasteiger partial charge < -0.3 is 10.4 Å². The van der Waals surface area contributed by atoms with Gasteiger partial charge >= 0.3 is 5.97 Å². The summed E-state index contributed by atoms with van der Waals surface area (Å²) < 4.78 is 0. The fraction of sp³-hybridized carbons (Fsp3) is 0.588. The maximum absolute atomic E-state index is 11.2. The fourth-order valence-electron chi connectivity index (χ4n) is 2.63. The van der Waals surface area contributed by atoms with E-state index in [9.17, 15) is 9.90 Å². The van der Waals surface area contributed by atoms with Gasteiger partial charge in [-0.05, 0) is 42.2 Å². The van der Waals surface area contributed by atoms with Gasteiger partial charge in [0.25, 0.3) is 0 Å². The first-order valence-corrected chi connectivity index (χ1v) is 7.61. The van der Waals surface area contributed by atoms with E-state index in [1.54, 1.807) is 0 Å². The first kappa shape index (κ1) is 15.0. The minimum absolute atomic E-state index is 0.379. The molecule has 1 aliphatic rings. The zero-order chi connectivity index (χ0) is 14.5. The van der Waals surface area contributed by atoms with Crippen molar-refractivity contribution in [3.8, 4) is 0 Å². The van der Waals surface area contributed by atoms with E-state index < -0.39 is 12.0 Å². The summed E-state index contributed by atoms with van der Waals surface area (Å²) in [5.74, 6) is 0.374. The van der Waals surface area contributed by atoms with Crippen molar-refractivity contribution in [3.05, 3.63) is 35.4 Å². The molecule has 0 amide bonds. The van der Waals surface area contributed by atoms with Crippen LogP contribution in [0.3, 0.4) is 0 Å². The van der Waals surface area contributed by atoms with Crippen LogP contribution in [0.2, 0.25) is 0 Å². The van der Waals surface area contributed by atoms with Crippen LogP contribution in [0.1, 0.15) is 56.6 Å². The van der Waals surface area contributed by atoms with Crippen LogP contribution in [0.4, 0.5) is 0 Å². The summed E-state index contributed by atoms with van der Waals surface area (Å²) in [7, 11) is 0. The zero-order valence-electron chi connectivity index (χ0n) is 12.4. The number of hydrogen-bond acceptors (Lipinski definition) is 2. The molecular weight excluding hydrogens is 250 g/mol. The normalized spacial score (nSPS) is 16.9. The lowest BCUT2D eigenvalue weighted by Gasteiger charge is -2.26. The highest BCUT2D eigenvalue weighted by Gasteiger charge is 2.20. The quantitative estimate of drug-likeness (QED) is 0.800. The van der Waals surface area contributed by atoms with Crippen molar-refractivity contribution in [1.29, 1.82) is 0 Å². The van der Waals surface area contributed by atoms with Gasteiger partial charge in [0.1, 0.15) is 6.04 Å². The summed E-state index contributed by atoms with van der Waals surface area (Å²) >= 11 is 0. The van der Waals surface area contributed by atoms with Crippen molar-refractivity contribution >= 4 is 5.97 Å². The molecule has 0 aromatic heterocycles. The molecule has 0 saturated heterocycles. The number of carboxylic acid groups (broad SMARTS) is 1. The summed E-state index contributed by atoms with van der Waals surface area (Å²) in [6, 6.07) is 8.17. The van der Waals surface area contributed by atoms with E-state index >= 15 is 0 Å². The highest BCUT2D eigenvalue weighted by molar-refractivity contribution is 5.73. The van der Waals surface area contributed by atoms with Gasteiger partial charge in [-0.2, -0.15) is 0 Å². The van der Waals surface area contributed by atoms with Crippen LogP contribution in [-0.4, -0.2) is 17.1 Å². The smallest absolute Gasteiger partial charge is 0.320 e. The van der Waals surface area contributed by atoms with Gasteiger partial charge in [-0.25, -0.2) is 0 Å². The second-order valence-electron chi connectivity index (χ2n) is 6.27. The molecule has 0 radical (unpaired) electrons. The molecule has 1 aliphatic carbocycles. The molecule has 2 rings (SSSR count). The first-order valence-electron chi connectivity index (χ1n) is 7.61. The largest absolute Gasteiger partial charge is 0.480 e. The Hall–Kier alpha value is -1.35. The van der Waals surface area contributed by atoms with Gasteiger partial charge in [0.2, 0.25) is 0 Å². The van der Waals surface area contributed by atoms with E-state index in [0.29, 0.717) is 18.9 Å². The minimum atomic E-state index is -0.759. The number of benzene rings is 1. The Labute approximate surface area is 121 Å². The third-order valence-corrected chi connectivity index (χ3v) is 4.11. The average Bonchev–Trinajstić information content (AvgIpc) is 2.33. The van der Waals surface area contributed by atoms with Gasteiger partial charge in [0.15, 0.2) is 0 Å².